The predicted octanol–water partition coefficient (Wildman–Crippen LogP) is 6.00. The Kier molecular flexibility index (Phi) is 7.51. The van der Waals surface area contributed by atoms with Gasteiger partial charge in [0.25, 0.3) is 0 Å². The summed E-state index contributed by atoms with van der Waals surface area (Å²) in [5.74, 6) is 0.00662. The zero-order valence-electron chi connectivity index (χ0n) is 21.9. The highest BCUT2D eigenvalue weighted by atomic mass is 19.1. The normalized spacial score (nSPS) is 18.6. The highest BCUT2D eigenvalue weighted by molar-refractivity contribution is 5.94. The lowest BCUT2D eigenvalue weighted by atomic mass is 9.93. The van der Waals surface area contributed by atoms with Gasteiger partial charge in [-0.15, -0.1) is 0 Å². The molecule has 0 radical (unpaired) electrons. The summed E-state index contributed by atoms with van der Waals surface area (Å²) in [5.41, 5.74) is 3.90. The number of hydrogen-bond acceptors (Lipinski definition) is 5. The van der Waals surface area contributed by atoms with Gasteiger partial charge in [0.1, 0.15) is 17.4 Å². The number of likely N-dealkylation sites (tertiary alicyclic amines) is 1. The minimum absolute atomic E-state index is 0.0417. The second kappa shape index (κ2) is 11.0. The minimum Gasteiger partial charge on any atom is -0.497 e. The number of ether oxygens (including phenoxy) is 3. The molecule has 3 aromatic rings. The molecule has 1 fully saturated rings. The number of fused-ring (bicyclic) bond motifs is 1. The number of carbonyl (C=O) groups excluding carboxylic acids is 1. The molecule has 8 heteroatoms. The fraction of sp³-hybridized carbons (Fsp3) is 0.367. The topological polar surface area (TPSA) is 60.0 Å². The predicted molar refractivity (Wildman–Crippen MR) is 141 cm³/mol. The number of nitrogens with zero attached hydrogens (tertiary/aromatic N) is 1. The summed E-state index contributed by atoms with van der Waals surface area (Å²) in [5, 5.41) is 3.11. The molecule has 0 spiro atoms. The van der Waals surface area contributed by atoms with Crippen molar-refractivity contribution in [2.45, 2.75) is 45.1 Å². The summed E-state index contributed by atoms with van der Waals surface area (Å²) in [7, 11) is 1.48. The van der Waals surface area contributed by atoms with Crippen molar-refractivity contribution in [3.63, 3.8) is 0 Å². The summed E-state index contributed by atoms with van der Waals surface area (Å²) in [6.45, 7) is 4.58. The van der Waals surface area contributed by atoms with Crippen LogP contribution in [0.2, 0.25) is 0 Å². The molecule has 2 aliphatic rings. The molecular formula is C30H32F2N2O4. The van der Waals surface area contributed by atoms with Crippen molar-refractivity contribution < 1.29 is 27.8 Å². The average Bonchev–Trinajstić information content (AvgIpc) is 3.54. The van der Waals surface area contributed by atoms with Crippen molar-refractivity contribution in [3.8, 4) is 17.2 Å². The van der Waals surface area contributed by atoms with E-state index in [9.17, 15) is 4.79 Å². The van der Waals surface area contributed by atoms with Crippen LogP contribution in [0.15, 0.2) is 48.5 Å². The van der Waals surface area contributed by atoms with Crippen molar-refractivity contribution in [3.05, 3.63) is 82.4 Å². The number of benzene rings is 3. The number of methoxy groups -OCH3 is 1. The minimum atomic E-state index is -0.423. The van der Waals surface area contributed by atoms with Crippen LogP contribution in [0.3, 0.4) is 0 Å². The third-order valence-corrected chi connectivity index (χ3v) is 7.51. The van der Waals surface area contributed by atoms with Gasteiger partial charge in [0.15, 0.2) is 11.5 Å². The van der Waals surface area contributed by atoms with Crippen molar-refractivity contribution in [2.24, 2.45) is 0 Å². The van der Waals surface area contributed by atoms with E-state index in [1.807, 2.05) is 23.1 Å². The molecule has 0 aromatic heterocycles. The Labute approximate surface area is 221 Å². The number of para-hydroxylation sites is 1. The van der Waals surface area contributed by atoms with Crippen LogP contribution in [0.4, 0.5) is 14.5 Å². The van der Waals surface area contributed by atoms with Gasteiger partial charge in [0.2, 0.25) is 12.7 Å². The third kappa shape index (κ3) is 5.05. The van der Waals surface area contributed by atoms with E-state index in [-0.39, 0.29) is 25.2 Å². The number of nitrogens with one attached hydrogen (secondary N) is 1. The molecule has 0 saturated carbocycles. The first kappa shape index (κ1) is 26.0. The molecule has 2 aliphatic heterocycles. The molecule has 0 aliphatic carbocycles. The van der Waals surface area contributed by atoms with Crippen molar-refractivity contribution in [2.75, 3.05) is 32.3 Å². The second-order valence-corrected chi connectivity index (χ2v) is 9.70. The van der Waals surface area contributed by atoms with Crippen LogP contribution >= 0.6 is 0 Å². The maximum absolute atomic E-state index is 15.2. The number of rotatable bonds is 8. The number of carbonyl (C=O) groups is 1. The fourth-order valence-corrected chi connectivity index (χ4v) is 5.54. The molecule has 0 bridgehead atoms. The zero-order chi connectivity index (χ0) is 26.8. The van der Waals surface area contributed by atoms with Crippen molar-refractivity contribution in [1.29, 1.82) is 0 Å². The van der Waals surface area contributed by atoms with Crippen LogP contribution in [-0.4, -0.2) is 37.8 Å². The molecule has 6 nitrogen and oxygen atoms in total. The summed E-state index contributed by atoms with van der Waals surface area (Å²) < 4.78 is 46.3. The fourth-order valence-electron chi connectivity index (χ4n) is 5.54. The smallest absolute Gasteiger partial charge is 0.238 e. The summed E-state index contributed by atoms with van der Waals surface area (Å²) >= 11 is 0. The van der Waals surface area contributed by atoms with Gasteiger partial charge in [-0.3, -0.25) is 9.69 Å². The molecule has 1 unspecified atom stereocenters. The van der Waals surface area contributed by atoms with Crippen molar-refractivity contribution >= 4 is 11.6 Å². The Balaban J connectivity index is 1.44. The molecule has 3 aromatic carbocycles. The first-order valence-electron chi connectivity index (χ1n) is 13.0. The molecule has 5 rings (SSSR count). The van der Waals surface area contributed by atoms with Gasteiger partial charge in [-0.05, 0) is 48.1 Å². The quantitative estimate of drug-likeness (QED) is 0.394. The maximum Gasteiger partial charge on any atom is 0.238 e. The number of amides is 1. The molecule has 2 heterocycles. The standard InChI is InChI=1S/C30H32F2N2O4/c1-4-18-7-6-8-19(5-2)30(18)33-29(35)16-34-15-20(23-13-27-28(14-25(23)32)38-17-37-27)11-26(34)22-10-9-21(36-3)12-24(22)31/h6-10,12-14,20,26H,4-5,11,15-17H2,1-3H3,(H,33,35)/t20?,26-/m1/s1. The largest absolute Gasteiger partial charge is 0.497 e. The molecule has 1 N–H and O–H groups in total. The van der Waals surface area contributed by atoms with E-state index in [4.69, 9.17) is 14.2 Å². The number of anilines is 1. The van der Waals surface area contributed by atoms with E-state index in [2.05, 4.69) is 19.2 Å². The molecule has 2 atom stereocenters. The third-order valence-electron chi connectivity index (χ3n) is 7.51. The highest BCUT2D eigenvalue weighted by Gasteiger charge is 2.38. The first-order valence-corrected chi connectivity index (χ1v) is 13.0. The van der Waals surface area contributed by atoms with Gasteiger partial charge >= 0.3 is 0 Å². The van der Waals surface area contributed by atoms with E-state index < -0.39 is 17.7 Å². The van der Waals surface area contributed by atoms with E-state index in [0.717, 1.165) is 29.7 Å². The van der Waals surface area contributed by atoms with E-state index in [1.54, 1.807) is 18.2 Å². The Morgan fingerprint density at radius 2 is 1.68 bits per heavy atom. The molecule has 1 saturated heterocycles. The Morgan fingerprint density at radius 3 is 2.34 bits per heavy atom. The maximum atomic E-state index is 15.2. The SMILES string of the molecule is CCc1cccc(CC)c1NC(=O)CN1CC(c2cc3c(cc2F)OCO3)C[C@@H]1c1ccc(OC)cc1F. The summed E-state index contributed by atoms with van der Waals surface area (Å²) in [6, 6.07) is 13.3. The van der Waals surface area contributed by atoms with E-state index in [0.29, 0.717) is 41.3 Å². The Morgan fingerprint density at radius 1 is 1.00 bits per heavy atom. The second-order valence-electron chi connectivity index (χ2n) is 9.70. The molecule has 1 amide bonds. The number of halogens is 2. The van der Waals surface area contributed by atoms with Crippen LogP contribution in [0.5, 0.6) is 17.2 Å². The Bertz CT molecular complexity index is 1320. The van der Waals surface area contributed by atoms with E-state index >= 15 is 8.78 Å². The lowest BCUT2D eigenvalue weighted by Gasteiger charge is -2.25. The first-order chi connectivity index (χ1) is 18.4. The van der Waals surface area contributed by atoms with Crippen LogP contribution in [0.25, 0.3) is 0 Å². The number of hydrogen-bond donors (Lipinski definition) is 1. The van der Waals surface area contributed by atoms with Gasteiger partial charge in [-0.1, -0.05) is 38.1 Å². The van der Waals surface area contributed by atoms with Crippen LogP contribution in [0.1, 0.15) is 54.5 Å². The highest BCUT2D eigenvalue weighted by Crippen LogP contribution is 2.45. The molecule has 38 heavy (non-hydrogen) atoms. The lowest BCUT2D eigenvalue weighted by molar-refractivity contribution is -0.117. The van der Waals surface area contributed by atoms with Gasteiger partial charge < -0.3 is 19.5 Å². The van der Waals surface area contributed by atoms with Crippen LogP contribution in [0, 0.1) is 11.6 Å². The lowest BCUT2D eigenvalue weighted by Crippen LogP contribution is -2.34. The van der Waals surface area contributed by atoms with Gasteiger partial charge in [0.05, 0.1) is 13.7 Å². The Hall–Kier alpha value is -3.65. The monoisotopic (exact) mass is 522 g/mol. The number of aryl methyl sites for hydroxylation is 2. The summed E-state index contributed by atoms with van der Waals surface area (Å²) in [4.78, 5) is 15.3. The van der Waals surface area contributed by atoms with Gasteiger partial charge in [-0.2, -0.15) is 0 Å². The van der Waals surface area contributed by atoms with Crippen LogP contribution < -0.4 is 19.5 Å². The van der Waals surface area contributed by atoms with Gasteiger partial charge in [-0.25, -0.2) is 8.78 Å². The summed E-state index contributed by atoms with van der Waals surface area (Å²) in [6.07, 6.45) is 2.02. The molecular weight excluding hydrogens is 490 g/mol. The van der Waals surface area contributed by atoms with Gasteiger partial charge in [0, 0.05) is 41.9 Å². The average molecular weight is 523 g/mol. The van der Waals surface area contributed by atoms with Crippen LogP contribution in [-0.2, 0) is 17.6 Å². The zero-order valence-corrected chi connectivity index (χ0v) is 21.9. The van der Waals surface area contributed by atoms with Crippen molar-refractivity contribution in [1.82, 2.24) is 4.90 Å². The van der Waals surface area contributed by atoms with E-state index in [1.165, 1.54) is 19.2 Å². The molecule has 200 valence electrons.